The summed E-state index contributed by atoms with van der Waals surface area (Å²) in [7, 11) is 3.36. The number of nitrogens with zero attached hydrogens (tertiary/aromatic N) is 4. The van der Waals surface area contributed by atoms with Gasteiger partial charge >= 0.3 is 12.1 Å². The molecule has 1 N–H and O–H groups in total. The number of ether oxygens (including phenoxy) is 1. The Bertz CT molecular complexity index is 881. The van der Waals surface area contributed by atoms with E-state index in [2.05, 4.69) is 36.3 Å². The molecule has 1 aromatic heterocycles. The van der Waals surface area contributed by atoms with Crippen molar-refractivity contribution < 1.29 is 14.3 Å². The number of rotatable bonds is 3. The van der Waals surface area contributed by atoms with Crippen LogP contribution in [0.25, 0.3) is 0 Å². The number of aromatic nitrogens is 2. The molecule has 2 atom stereocenters. The zero-order chi connectivity index (χ0) is 20.5. The fourth-order valence-corrected chi connectivity index (χ4v) is 2.97. The van der Waals surface area contributed by atoms with Gasteiger partial charge in [0.2, 0.25) is 6.23 Å². The van der Waals surface area contributed by atoms with Gasteiger partial charge in [0.1, 0.15) is 0 Å². The van der Waals surface area contributed by atoms with Gasteiger partial charge in [-0.15, -0.1) is 0 Å². The second-order valence-corrected chi connectivity index (χ2v) is 8.14. The summed E-state index contributed by atoms with van der Waals surface area (Å²) >= 11 is 0. The van der Waals surface area contributed by atoms with Gasteiger partial charge in [-0.1, -0.05) is 44.1 Å². The Kier molecular flexibility index (Phi) is 5.08. The van der Waals surface area contributed by atoms with Gasteiger partial charge in [-0.2, -0.15) is 9.58 Å². The highest BCUT2D eigenvalue weighted by Crippen LogP contribution is 2.29. The summed E-state index contributed by atoms with van der Waals surface area (Å²) in [6.45, 7) is 6.45. The van der Waals surface area contributed by atoms with Gasteiger partial charge in [-0.05, 0) is 23.1 Å². The molecule has 3 amide bonds. The van der Waals surface area contributed by atoms with Gasteiger partial charge < -0.3 is 4.74 Å². The molecular weight excluding hydrogens is 358 g/mol. The fraction of sp³-hybridized carbons (Fsp3) is 0.400. The van der Waals surface area contributed by atoms with Crippen molar-refractivity contribution in [2.75, 3.05) is 25.5 Å². The molecule has 2 aromatic rings. The van der Waals surface area contributed by atoms with Crippen LogP contribution in [0.15, 0.2) is 42.6 Å². The number of likely N-dealkylation sites (N-methyl/N-ethyl adjacent to an activating group) is 1. The summed E-state index contributed by atoms with van der Waals surface area (Å²) in [5.74, 6) is 0.514. The van der Waals surface area contributed by atoms with E-state index < -0.39 is 12.3 Å². The summed E-state index contributed by atoms with van der Waals surface area (Å²) in [6.07, 6.45) is 0.409. The number of carbonyl (C=O) groups is 2. The van der Waals surface area contributed by atoms with Gasteiger partial charge in [0.05, 0.1) is 13.2 Å². The predicted molar refractivity (Wildman–Crippen MR) is 107 cm³/mol. The Labute approximate surface area is 164 Å². The first-order chi connectivity index (χ1) is 13.1. The molecule has 0 bridgehead atoms. The first-order valence-corrected chi connectivity index (χ1v) is 9.11. The van der Waals surface area contributed by atoms with Crippen molar-refractivity contribution in [3.05, 3.63) is 48.2 Å². The number of carbonyl (C=O) groups excluding carboxylic acids is 2. The lowest BCUT2D eigenvalue weighted by Crippen LogP contribution is -2.48. The summed E-state index contributed by atoms with van der Waals surface area (Å²) in [4.78, 5) is 26.5. The molecule has 1 aliphatic rings. The van der Waals surface area contributed by atoms with Gasteiger partial charge in [-0.3, -0.25) is 10.2 Å². The molecule has 28 heavy (non-hydrogen) atoms. The highest BCUT2D eigenvalue weighted by Gasteiger charge is 2.48. The van der Waals surface area contributed by atoms with E-state index in [0.29, 0.717) is 11.5 Å². The number of nitrogens with one attached hydrogen (secondary N) is 1. The monoisotopic (exact) mass is 384 g/mol. The number of hydrogen-bond donors (Lipinski definition) is 1. The van der Waals surface area contributed by atoms with Crippen LogP contribution in [0.1, 0.15) is 26.3 Å². The Balaban J connectivity index is 1.75. The van der Waals surface area contributed by atoms with Crippen molar-refractivity contribution in [3.63, 3.8) is 0 Å². The average Bonchev–Trinajstić information content (AvgIpc) is 2.95. The van der Waals surface area contributed by atoms with Crippen molar-refractivity contribution in [2.24, 2.45) is 0 Å². The number of quaternary nitrogens is 1. The summed E-state index contributed by atoms with van der Waals surface area (Å²) in [6, 6.07) is 10.8. The summed E-state index contributed by atoms with van der Waals surface area (Å²) in [5, 5.41) is 11.0. The third-order valence-electron chi connectivity index (χ3n) is 4.94. The first-order valence-electron chi connectivity index (χ1n) is 9.11. The van der Waals surface area contributed by atoms with E-state index in [-0.39, 0.29) is 22.5 Å². The Hall–Kier alpha value is -3.00. The zero-order valence-electron chi connectivity index (χ0n) is 16.8. The molecule has 8 heteroatoms. The second kappa shape index (κ2) is 7.20. The van der Waals surface area contributed by atoms with E-state index in [4.69, 9.17) is 4.74 Å². The molecule has 0 aliphatic carbocycles. The Morgan fingerprint density at radius 1 is 1.29 bits per heavy atom. The highest BCUT2D eigenvalue weighted by molar-refractivity contribution is 5.90. The average molecular weight is 384 g/mol. The van der Waals surface area contributed by atoms with Crippen LogP contribution in [-0.2, 0) is 10.2 Å². The zero-order valence-corrected chi connectivity index (χ0v) is 16.8. The molecule has 1 aromatic carbocycles. The van der Waals surface area contributed by atoms with E-state index in [9.17, 15) is 9.59 Å². The largest absolute Gasteiger partial charge is 0.426 e. The van der Waals surface area contributed by atoms with Crippen LogP contribution in [0.3, 0.4) is 0 Å². The second-order valence-electron chi connectivity index (χ2n) is 8.14. The summed E-state index contributed by atoms with van der Waals surface area (Å²) < 4.78 is 5.37. The lowest BCUT2D eigenvalue weighted by atomic mass is 9.88. The Morgan fingerprint density at radius 3 is 2.61 bits per heavy atom. The maximum atomic E-state index is 12.7. The summed E-state index contributed by atoms with van der Waals surface area (Å²) in [5.41, 5.74) is 1.57. The Morgan fingerprint density at radius 2 is 1.96 bits per heavy atom. The van der Waals surface area contributed by atoms with Crippen LogP contribution in [0.2, 0.25) is 0 Å². The van der Waals surface area contributed by atoms with Crippen molar-refractivity contribution >= 4 is 23.6 Å². The highest BCUT2D eigenvalue weighted by atomic mass is 16.6. The number of benzene rings is 1. The third kappa shape index (κ3) is 3.82. The molecule has 0 radical (unpaired) electrons. The minimum absolute atomic E-state index is 0.121. The maximum absolute atomic E-state index is 12.7. The standard InChI is InChI=1S/C20H25N5O3/c1-20(2,3)14-11-16(23-21-12-14)25(5)13-17(22-18(25)26)28-19(27)24(4)15-9-7-6-8-10-15/h6-12,17H,13H2,1-5H3/p+1. The van der Waals surface area contributed by atoms with Crippen molar-refractivity contribution in [2.45, 2.75) is 32.4 Å². The molecule has 0 saturated carbocycles. The van der Waals surface area contributed by atoms with Crippen LogP contribution >= 0.6 is 0 Å². The van der Waals surface area contributed by atoms with Crippen molar-refractivity contribution in [1.29, 1.82) is 0 Å². The number of para-hydroxylation sites is 1. The molecule has 1 saturated heterocycles. The normalized spacial score (nSPS) is 21.9. The molecule has 3 rings (SSSR count). The molecule has 1 aliphatic heterocycles. The maximum Gasteiger partial charge on any atom is 0.426 e. The molecule has 1 fully saturated rings. The van der Waals surface area contributed by atoms with E-state index in [1.165, 1.54) is 4.90 Å². The minimum atomic E-state index is -0.753. The smallest absolute Gasteiger partial charge is 0.419 e. The van der Waals surface area contributed by atoms with E-state index >= 15 is 0 Å². The number of anilines is 1. The lowest BCUT2D eigenvalue weighted by Gasteiger charge is -2.25. The van der Waals surface area contributed by atoms with Crippen LogP contribution in [0.4, 0.5) is 21.1 Å². The molecule has 8 nitrogen and oxygen atoms in total. The number of hydrogen-bond acceptors (Lipinski definition) is 5. The fourth-order valence-electron chi connectivity index (χ4n) is 2.97. The predicted octanol–water partition coefficient (Wildman–Crippen LogP) is 3.03. The molecule has 2 heterocycles. The number of amides is 3. The van der Waals surface area contributed by atoms with E-state index in [1.807, 2.05) is 36.4 Å². The van der Waals surface area contributed by atoms with Crippen LogP contribution in [0.5, 0.6) is 0 Å². The van der Waals surface area contributed by atoms with Gasteiger partial charge in [0.25, 0.3) is 5.82 Å². The topological polar surface area (TPSA) is 84.4 Å². The number of urea groups is 1. The molecular formula is C20H26N5O3+. The van der Waals surface area contributed by atoms with Gasteiger partial charge in [0, 0.05) is 18.8 Å². The van der Waals surface area contributed by atoms with E-state index in [0.717, 1.165) is 5.56 Å². The minimum Gasteiger partial charge on any atom is -0.419 e. The first kappa shape index (κ1) is 19.8. The van der Waals surface area contributed by atoms with Crippen molar-refractivity contribution in [1.82, 2.24) is 20.0 Å². The van der Waals surface area contributed by atoms with Gasteiger partial charge in [0.15, 0.2) is 6.54 Å². The SMILES string of the molecule is CN(C(=O)OC1C[N+](C)(c2cc(C(C)(C)C)cnn2)C(=O)N1)c1ccccc1. The van der Waals surface area contributed by atoms with Crippen LogP contribution in [-0.4, -0.2) is 49.2 Å². The quantitative estimate of drug-likeness (QED) is 0.823. The third-order valence-corrected chi connectivity index (χ3v) is 4.94. The lowest BCUT2D eigenvalue weighted by molar-refractivity contribution is 0.100. The van der Waals surface area contributed by atoms with Crippen molar-refractivity contribution in [3.8, 4) is 0 Å². The molecule has 148 valence electrons. The van der Waals surface area contributed by atoms with Crippen LogP contribution in [0, 0.1) is 0 Å². The van der Waals surface area contributed by atoms with Gasteiger partial charge in [-0.25, -0.2) is 9.59 Å². The molecule has 0 spiro atoms. The molecule has 2 unspecified atom stereocenters. The van der Waals surface area contributed by atoms with Crippen LogP contribution < -0.4 is 14.7 Å². The van der Waals surface area contributed by atoms with E-state index in [1.54, 1.807) is 20.3 Å².